The van der Waals surface area contributed by atoms with Crippen LogP contribution in [0.4, 0.5) is 21.6 Å². The molecule has 0 N–H and O–H groups in total. The summed E-state index contributed by atoms with van der Waals surface area (Å²) in [6, 6.07) is 5.50. The number of hydrogen-bond acceptors (Lipinski definition) is 7. The number of alkyl halides is 1. The van der Waals surface area contributed by atoms with Crippen molar-refractivity contribution in [3.05, 3.63) is 63.7 Å². The van der Waals surface area contributed by atoms with Crippen LogP contribution in [0.2, 0.25) is 0 Å². The molecule has 1 amide bonds. The Bertz CT molecular complexity index is 1360. The number of rotatable bonds is 5. The van der Waals surface area contributed by atoms with Crippen molar-refractivity contribution in [2.45, 2.75) is 39.3 Å². The average molecular weight is 559 g/mol. The number of carbonyl (C=O) groups excluding carboxylic acids is 2. The minimum atomic E-state index is -1.25. The third-order valence-corrected chi connectivity index (χ3v) is 8.16. The molecule has 1 saturated heterocycles. The van der Waals surface area contributed by atoms with E-state index in [0.717, 1.165) is 5.69 Å². The van der Waals surface area contributed by atoms with Crippen LogP contribution in [0.1, 0.15) is 48.8 Å². The Morgan fingerprint density at radius 1 is 1.24 bits per heavy atom. The fourth-order valence-corrected chi connectivity index (χ4v) is 5.49. The predicted octanol–water partition coefficient (Wildman–Crippen LogP) is 5.30. The lowest BCUT2D eigenvalue weighted by Gasteiger charge is -2.39. The van der Waals surface area contributed by atoms with Gasteiger partial charge >= 0.3 is 0 Å². The molecule has 2 aliphatic heterocycles. The quantitative estimate of drug-likeness (QED) is 0.496. The highest BCUT2D eigenvalue weighted by atomic mass is 35.5. The van der Waals surface area contributed by atoms with Crippen LogP contribution < -0.4 is 15.3 Å². The van der Waals surface area contributed by atoms with Gasteiger partial charge in [-0.15, -0.1) is 0 Å². The number of likely N-dealkylation sites (tertiary alicyclic amines) is 1. The highest BCUT2D eigenvalue weighted by Crippen LogP contribution is 2.41. The second-order valence-corrected chi connectivity index (χ2v) is 11.3. The molecule has 0 saturated carbocycles. The highest BCUT2D eigenvalue weighted by molar-refractivity contribution is 8.08. The van der Waals surface area contributed by atoms with Gasteiger partial charge in [0.25, 0.3) is 5.91 Å². The van der Waals surface area contributed by atoms with Crippen LogP contribution in [0.15, 0.2) is 57.6 Å². The van der Waals surface area contributed by atoms with Crippen molar-refractivity contribution in [1.29, 1.82) is 0 Å². The molecule has 11 heteroatoms. The molecule has 8 nitrogen and oxygen atoms in total. The second-order valence-electron chi connectivity index (χ2n) is 9.52. The highest BCUT2D eigenvalue weighted by Gasteiger charge is 2.33. The summed E-state index contributed by atoms with van der Waals surface area (Å²) in [5.74, 6) is 0.333. The number of pyridine rings is 2. The Morgan fingerprint density at radius 2 is 1.95 bits per heavy atom. The van der Waals surface area contributed by atoms with Crippen LogP contribution in [0, 0.1) is 0 Å². The fraction of sp³-hybridized carbons (Fsp3) is 0.407. The summed E-state index contributed by atoms with van der Waals surface area (Å²) in [6.07, 6.45) is 5.68. The third kappa shape index (κ3) is 5.81. The van der Waals surface area contributed by atoms with Gasteiger partial charge < -0.3 is 14.7 Å². The van der Waals surface area contributed by atoms with E-state index in [9.17, 15) is 14.0 Å². The van der Waals surface area contributed by atoms with Gasteiger partial charge in [-0.05, 0) is 38.8 Å². The lowest BCUT2D eigenvalue weighted by atomic mass is 9.95. The molecule has 2 aliphatic rings. The van der Waals surface area contributed by atoms with Crippen LogP contribution in [0.25, 0.3) is 0 Å². The first kappa shape index (κ1) is 27.9. The number of thioether (sulfide) groups is 1. The first-order valence-corrected chi connectivity index (χ1v) is 13.6. The summed E-state index contributed by atoms with van der Waals surface area (Å²) in [6.45, 7) is 11.0. The number of aromatic nitrogens is 2. The number of halogens is 2. The van der Waals surface area contributed by atoms with Crippen molar-refractivity contribution in [2.24, 2.45) is 4.99 Å². The number of allylic oxidation sites excluding steroid dienone is 1. The van der Waals surface area contributed by atoms with Gasteiger partial charge in [0.15, 0.2) is 5.82 Å². The van der Waals surface area contributed by atoms with E-state index in [-0.39, 0.29) is 11.8 Å². The molecule has 202 valence electrons. The molecule has 4 heterocycles. The van der Waals surface area contributed by atoms with E-state index in [1.165, 1.54) is 23.3 Å². The van der Waals surface area contributed by atoms with E-state index in [1.54, 1.807) is 37.3 Å². The van der Waals surface area contributed by atoms with E-state index >= 15 is 0 Å². The lowest BCUT2D eigenvalue weighted by molar-refractivity contribution is 0.0503. The third-order valence-electron chi connectivity index (χ3n) is 6.82. The topological polar surface area (TPSA) is 74.0 Å². The molecule has 38 heavy (non-hydrogen) atoms. The first-order chi connectivity index (χ1) is 18.0. The van der Waals surface area contributed by atoms with Gasteiger partial charge in [0, 0.05) is 64.3 Å². The molecule has 0 spiro atoms. The number of fused-ring (bicyclic) bond motifs is 1. The van der Waals surface area contributed by atoms with Crippen molar-refractivity contribution < 1.29 is 14.0 Å². The van der Waals surface area contributed by atoms with E-state index in [2.05, 4.69) is 11.6 Å². The lowest BCUT2D eigenvalue weighted by Crippen LogP contribution is -2.43. The van der Waals surface area contributed by atoms with Crippen molar-refractivity contribution in [3.8, 4) is 0 Å². The monoisotopic (exact) mass is 558 g/mol. The molecule has 0 bridgehead atoms. The van der Waals surface area contributed by atoms with Gasteiger partial charge in [-0.25, -0.2) is 9.37 Å². The smallest absolute Gasteiger partial charge is 0.255 e. The van der Waals surface area contributed by atoms with Gasteiger partial charge in [0.05, 0.1) is 20.6 Å². The zero-order valence-corrected chi connectivity index (χ0v) is 23.7. The van der Waals surface area contributed by atoms with Crippen molar-refractivity contribution in [3.63, 3.8) is 0 Å². The summed E-state index contributed by atoms with van der Waals surface area (Å²) in [5.41, 5.74) is 1.24. The largest absolute Gasteiger partial charge is 0.338 e. The zero-order chi connectivity index (χ0) is 27.6. The van der Waals surface area contributed by atoms with Crippen LogP contribution in [0.5, 0.6) is 0 Å². The van der Waals surface area contributed by atoms with E-state index in [1.807, 2.05) is 34.9 Å². The maximum atomic E-state index is 14.3. The molecule has 0 aromatic carbocycles. The van der Waals surface area contributed by atoms with Crippen LogP contribution in [-0.4, -0.2) is 65.2 Å². The SMILES string of the molecule is C=C(S/C(Cl)=C\C)N1CCN(c2ccn(C(C)=O)/c(=N\C)c2)c2ncc(C(=O)N3CCC(C)(F)CC3)cc21. The number of carbonyl (C=O) groups is 2. The van der Waals surface area contributed by atoms with Gasteiger partial charge in [-0.3, -0.25) is 19.1 Å². The molecule has 0 atom stereocenters. The Hall–Kier alpha value is -3.11. The Labute approximate surface area is 231 Å². The van der Waals surface area contributed by atoms with Gasteiger partial charge in [-0.1, -0.05) is 36.0 Å². The summed E-state index contributed by atoms with van der Waals surface area (Å²) < 4.78 is 16.4. The molecule has 1 fully saturated rings. The Morgan fingerprint density at radius 3 is 2.58 bits per heavy atom. The predicted molar refractivity (Wildman–Crippen MR) is 152 cm³/mol. The minimum Gasteiger partial charge on any atom is -0.338 e. The Balaban J connectivity index is 1.74. The van der Waals surface area contributed by atoms with E-state index in [4.69, 9.17) is 16.6 Å². The normalized spacial score (nSPS) is 17.9. The summed E-state index contributed by atoms with van der Waals surface area (Å²) in [5, 5.41) is 0.707. The van der Waals surface area contributed by atoms with Gasteiger partial charge in [0.1, 0.15) is 11.2 Å². The molecule has 0 unspecified atom stereocenters. The van der Waals surface area contributed by atoms with E-state index < -0.39 is 5.67 Å². The maximum Gasteiger partial charge on any atom is 0.255 e. The van der Waals surface area contributed by atoms with Crippen LogP contribution >= 0.6 is 23.4 Å². The molecular formula is C27H32ClFN6O2S. The number of anilines is 3. The fourth-order valence-electron chi connectivity index (χ4n) is 4.58. The van der Waals surface area contributed by atoms with Crippen LogP contribution in [0.3, 0.4) is 0 Å². The van der Waals surface area contributed by atoms with Crippen molar-refractivity contribution in [2.75, 3.05) is 43.0 Å². The second kappa shape index (κ2) is 11.3. The average Bonchev–Trinajstić information content (AvgIpc) is 2.91. The number of piperidine rings is 1. The number of amides is 1. The minimum absolute atomic E-state index is 0.136. The van der Waals surface area contributed by atoms with Crippen molar-refractivity contribution in [1.82, 2.24) is 14.5 Å². The molecular weight excluding hydrogens is 527 g/mol. The van der Waals surface area contributed by atoms with Crippen LogP contribution in [-0.2, 0) is 0 Å². The molecule has 4 rings (SSSR count). The standard InChI is InChI=1S/C27H32ClFN6O2S/c1-6-23(28)38-19(3)34-13-14-35(21-7-10-33(18(2)36)24(16-21)30-5)25-22(34)15-20(17-31-25)26(37)32-11-8-27(4,29)9-12-32/h6-7,10,15-17H,3,8-9,11-14H2,1-2,4-5H3/b23-6-,30-24-. The summed E-state index contributed by atoms with van der Waals surface area (Å²) in [7, 11) is 1.64. The zero-order valence-electron chi connectivity index (χ0n) is 22.1. The van der Waals surface area contributed by atoms with Crippen molar-refractivity contribution >= 4 is 52.4 Å². The maximum absolute atomic E-state index is 14.3. The number of hydrogen-bond donors (Lipinski definition) is 0. The molecule has 2 aromatic heterocycles. The molecule has 2 aromatic rings. The summed E-state index contributed by atoms with van der Waals surface area (Å²) in [4.78, 5) is 40.1. The van der Waals surface area contributed by atoms with Gasteiger partial charge in [-0.2, -0.15) is 0 Å². The van der Waals surface area contributed by atoms with Gasteiger partial charge in [0.2, 0.25) is 5.91 Å². The Kier molecular flexibility index (Phi) is 8.32. The first-order valence-electron chi connectivity index (χ1n) is 12.4. The van der Waals surface area contributed by atoms with E-state index in [0.29, 0.717) is 71.0 Å². The summed E-state index contributed by atoms with van der Waals surface area (Å²) >= 11 is 7.63. The molecule has 0 aliphatic carbocycles. The number of nitrogens with zero attached hydrogens (tertiary/aromatic N) is 6. The molecule has 0 radical (unpaired) electrons.